The average molecular weight is 248 g/mol. The number of nitrogen functional groups attached to an aromatic ring is 1. The number of anilines is 2. The summed E-state index contributed by atoms with van der Waals surface area (Å²) < 4.78 is 5.23. The molecule has 0 radical (unpaired) electrons. The fourth-order valence-corrected chi connectivity index (χ4v) is 2.83. The second-order valence-corrected chi connectivity index (χ2v) is 5.48. The molecule has 1 fully saturated rings. The number of nitrogens with two attached hydrogens (primary N) is 1. The fourth-order valence-electron chi connectivity index (χ4n) is 2.83. The van der Waals surface area contributed by atoms with Gasteiger partial charge < -0.3 is 15.8 Å². The molecule has 2 rings (SSSR count). The molecule has 2 unspecified atom stereocenters. The van der Waals surface area contributed by atoms with Crippen molar-refractivity contribution >= 4 is 11.4 Å². The number of benzene rings is 1. The summed E-state index contributed by atoms with van der Waals surface area (Å²) in [6.45, 7) is 3.41. The minimum absolute atomic E-state index is 0.689. The topological polar surface area (TPSA) is 47.3 Å². The highest BCUT2D eigenvalue weighted by Crippen LogP contribution is 2.30. The Kier molecular flexibility index (Phi) is 4.34. The molecule has 1 aromatic carbocycles. The summed E-state index contributed by atoms with van der Waals surface area (Å²) in [6, 6.07) is 5.89. The maximum atomic E-state index is 5.80. The number of ether oxygens (including phenoxy) is 1. The van der Waals surface area contributed by atoms with Crippen LogP contribution in [0.15, 0.2) is 18.2 Å². The molecule has 0 aromatic heterocycles. The van der Waals surface area contributed by atoms with Gasteiger partial charge in [-0.15, -0.1) is 0 Å². The molecule has 0 saturated heterocycles. The normalized spacial score (nSPS) is 23.7. The van der Waals surface area contributed by atoms with Crippen molar-refractivity contribution < 1.29 is 4.74 Å². The lowest BCUT2D eigenvalue weighted by atomic mass is 9.82. The van der Waals surface area contributed by atoms with Crippen molar-refractivity contribution in [3.63, 3.8) is 0 Å². The minimum atomic E-state index is 0.689. The van der Waals surface area contributed by atoms with Crippen molar-refractivity contribution in [2.75, 3.05) is 24.7 Å². The van der Waals surface area contributed by atoms with Crippen molar-refractivity contribution in [3.8, 4) is 5.75 Å². The molecule has 100 valence electrons. The lowest BCUT2D eigenvalue weighted by molar-refractivity contribution is 0.293. The van der Waals surface area contributed by atoms with Gasteiger partial charge in [-0.2, -0.15) is 0 Å². The van der Waals surface area contributed by atoms with Crippen LogP contribution < -0.4 is 15.8 Å². The quantitative estimate of drug-likeness (QED) is 0.801. The van der Waals surface area contributed by atoms with E-state index in [-0.39, 0.29) is 0 Å². The van der Waals surface area contributed by atoms with Gasteiger partial charge >= 0.3 is 0 Å². The van der Waals surface area contributed by atoms with Gasteiger partial charge in [-0.25, -0.2) is 0 Å². The van der Waals surface area contributed by atoms with Crippen molar-refractivity contribution in [3.05, 3.63) is 18.2 Å². The van der Waals surface area contributed by atoms with Crippen LogP contribution in [-0.2, 0) is 0 Å². The molecule has 0 aliphatic heterocycles. The van der Waals surface area contributed by atoms with E-state index in [4.69, 9.17) is 10.5 Å². The van der Waals surface area contributed by atoms with Gasteiger partial charge in [0.15, 0.2) is 0 Å². The first-order valence-electron chi connectivity index (χ1n) is 6.86. The summed E-state index contributed by atoms with van der Waals surface area (Å²) >= 11 is 0. The monoisotopic (exact) mass is 248 g/mol. The maximum Gasteiger partial charge on any atom is 0.143 e. The van der Waals surface area contributed by atoms with Crippen LogP contribution in [0, 0.1) is 11.8 Å². The van der Waals surface area contributed by atoms with Gasteiger partial charge in [0.05, 0.1) is 12.8 Å². The first-order chi connectivity index (χ1) is 8.69. The molecular weight excluding hydrogens is 224 g/mol. The molecule has 1 aliphatic carbocycles. The zero-order chi connectivity index (χ0) is 13.0. The minimum Gasteiger partial charge on any atom is -0.495 e. The van der Waals surface area contributed by atoms with Gasteiger partial charge in [-0.3, -0.25) is 0 Å². The molecule has 2 atom stereocenters. The summed E-state index contributed by atoms with van der Waals surface area (Å²) in [4.78, 5) is 0. The Hall–Kier alpha value is -1.38. The molecule has 3 N–H and O–H groups in total. The van der Waals surface area contributed by atoms with Crippen LogP contribution >= 0.6 is 0 Å². The smallest absolute Gasteiger partial charge is 0.143 e. The highest BCUT2D eigenvalue weighted by Gasteiger charge is 2.18. The predicted molar refractivity (Wildman–Crippen MR) is 77.0 cm³/mol. The molecule has 0 heterocycles. The van der Waals surface area contributed by atoms with E-state index < -0.39 is 0 Å². The Morgan fingerprint density at radius 2 is 2.22 bits per heavy atom. The maximum absolute atomic E-state index is 5.80. The molecule has 3 heteroatoms. The van der Waals surface area contributed by atoms with Gasteiger partial charge in [0.2, 0.25) is 0 Å². The molecular formula is C15H24N2O. The van der Waals surface area contributed by atoms with Gasteiger partial charge in [-0.05, 0) is 36.8 Å². The van der Waals surface area contributed by atoms with Crippen molar-refractivity contribution in [2.24, 2.45) is 11.8 Å². The van der Waals surface area contributed by atoms with Crippen LogP contribution in [0.25, 0.3) is 0 Å². The largest absolute Gasteiger partial charge is 0.495 e. The number of methoxy groups -OCH3 is 1. The van der Waals surface area contributed by atoms with Crippen molar-refractivity contribution in [2.45, 2.75) is 32.6 Å². The Morgan fingerprint density at radius 1 is 1.39 bits per heavy atom. The average Bonchev–Trinajstić information content (AvgIpc) is 2.38. The van der Waals surface area contributed by atoms with E-state index in [0.29, 0.717) is 5.69 Å². The van der Waals surface area contributed by atoms with Crippen LogP contribution in [0.1, 0.15) is 32.6 Å². The summed E-state index contributed by atoms with van der Waals surface area (Å²) in [5.41, 5.74) is 7.59. The van der Waals surface area contributed by atoms with E-state index in [1.165, 1.54) is 25.7 Å². The third-order valence-electron chi connectivity index (χ3n) is 3.87. The van der Waals surface area contributed by atoms with Crippen LogP contribution in [0.5, 0.6) is 5.75 Å². The Labute approximate surface area is 110 Å². The number of hydrogen-bond donors (Lipinski definition) is 2. The zero-order valence-corrected chi connectivity index (χ0v) is 11.4. The summed E-state index contributed by atoms with van der Waals surface area (Å²) in [5, 5.41) is 3.50. The third kappa shape index (κ3) is 3.31. The molecule has 1 aromatic rings. The number of rotatable bonds is 4. The first-order valence-corrected chi connectivity index (χ1v) is 6.86. The second kappa shape index (κ2) is 5.98. The fraction of sp³-hybridized carbons (Fsp3) is 0.600. The van der Waals surface area contributed by atoms with E-state index >= 15 is 0 Å². The SMILES string of the molecule is COc1cc(NCC2CCCC(C)C2)ccc1N. The Morgan fingerprint density at radius 3 is 2.94 bits per heavy atom. The van der Waals surface area contributed by atoms with Gasteiger partial charge in [-0.1, -0.05) is 19.8 Å². The molecule has 18 heavy (non-hydrogen) atoms. The van der Waals surface area contributed by atoms with Gasteiger partial charge in [0.25, 0.3) is 0 Å². The molecule has 0 spiro atoms. The summed E-state index contributed by atoms with van der Waals surface area (Å²) in [5.74, 6) is 2.43. The van der Waals surface area contributed by atoms with Crippen LogP contribution in [0.4, 0.5) is 11.4 Å². The Balaban J connectivity index is 1.89. The van der Waals surface area contributed by atoms with Crippen LogP contribution in [0.2, 0.25) is 0 Å². The van der Waals surface area contributed by atoms with Gasteiger partial charge in [0.1, 0.15) is 5.75 Å². The lowest BCUT2D eigenvalue weighted by Gasteiger charge is -2.27. The predicted octanol–water partition coefficient (Wildman–Crippen LogP) is 3.52. The zero-order valence-electron chi connectivity index (χ0n) is 11.4. The summed E-state index contributed by atoms with van der Waals surface area (Å²) in [7, 11) is 1.65. The van der Waals surface area contributed by atoms with E-state index in [9.17, 15) is 0 Å². The third-order valence-corrected chi connectivity index (χ3v) is 3.87. The molecule has 0 bridgehead atoms. The first kappa shape index (κ1) is 13.1. The molecule has 3 nitrogen and oxygen atoms in total. The standard InChI is InChI=1S/C15H24N2O/c1-11-4-3-5-12(8-11)10-17-13-6-7-14(16)15(9-13)18-2/h6-7,9,11-12,17H,3-5,8,10,16H2,1-2H3. The van der Waals surface area contributed by atoms with E-state index in [1.54, 1.807) is 7.11 Å². The van der Waals surface area contributed by atoms with E-state index in [1.807, 2.05) is 18.2 Å². The van der Waals surface area contributed by atoms with Crippen molar-refractivity contribution in [1.29, 1.82) is 0 Å². The second-order valence-electron chi connectivity index (χ2n) is 5.48. The highest BCUT2D eigenvalue weighted by atomic mass is 16.5. The van der Waals surface area contributed by atoms with Crippen LogP contribution in [-0.4, -0.2) is 13.7 Å². The molecule has 1 aliphatic rings. The van der Waals surface area contributed by atoms with Crippen molar-refractivity contribution in [1.82, 2.24) is 0 Å². The van der Waals surface area contributed by atoms with Crippen LogP contribution in [0.3, 0.4) is 0 Å². The van der Waals surface area contributed by atoms with E-state index in [2.05, 4.69) is 12.2 Å². The number of nitrogens with one attached hydrogen (secondary N) is 1. The number of hydrogen-bond acceptors (Lipinski definition) is 3. The van der Waals surface area contributed by atoms with Gasteiger partial charge in [0, 0.05) is 18.3 Å². The highest BCUT2D eigenvalue weighted by molar-refractivity contribution is 5.61. The lowest BCUT2D eigenvalue weighted by Crippen LogP contribution is -2.21. The molecule has 1 saturated carbocycles. The Bertz CT molecular complexity index is 392. The van der Waals surface area contributed by atoms with E-state index in [0.717, 1.165) is 29.8 Å². The molecule has 0 amide bonds. The summed E-state index contributed by atoms with van der Waals surface area (Å²) in [6.07, 6.45) is 5.47.